The highest BCUT2D eigenvalue weighted by Gasteiger charge is 2.23. The molecule has 18 heavy (non-hydrogen) atoms. The van der Waals surface area contributed by atoms with E-state index in [2.05, 4.69) is 13.8 Å². The molecule has 0 aliphatic heterocycles. The fraction of sp³-hybridized carbons (Fsp3) is 0.533. The van der Waals surface area contributed by atoms with Crippen LogP contribution in [-0.4, -0.2) is 12.4 Å². The molecule has 2 N–H and O–H groups in total. The van der Waals surface area contributed by atoms with Gasteiger partial charge in [0, 0.05) is 11.0 Å². The summed E-state index contributed by atoms with van der Waals surface area (Å²) in [6.07, 6.45) is 0. The van der Waals surface area contributed by atoms with Gasteiger partial charge in [0.2, 0.25) is 0 Å². The second-order valence-corrected chi connectivity index (χ2v) is 6.04. The third kappa shape index (κ3) is 3.76. The molecule has 0 bridgehead atoms. The Morgan fingerprint density at radius 2 is 1.94 bits per heavy atom. The van der Waals surface area contributed by atoms with Crippen LogP contribution in [0.25, 0.3) is 0 Å². The SMILES string of the molecule is CC(C)COc1ccc(C(=O)C(C)(C)C)cc1N. The second-order valence-electron chi connectivity index (χ2n) is 6.04. The van der Waals surface area contributed by atoms with Crippen molar-refractivity contribution < 1.29 is 9.53 Å². The van der Waals surface area contributed by atoms with E-state index in [-0.39, 0.29) is 5.78 Å². The lowest BCUT2D eigenvalue weighted by Gasteiger charge is -2.18. The summed E-state index contributed by atoms with van der Waals surface area (Å²) in [5, 5.41) is 0. The Labute approximate surface area is 109 Å². The molecule has 3 heteroatoms. The number of hydrogen-bond donors (Lipinski definition) is 1. The standard InChI is InChI=1S/C15H23NO2/c1-10(2)9-18-13-7-6-11(8-12(13)16)14(17)15(3,4)5/h6-8,10H,9,16H2,1-5H3. The Bertz CT molecular complexity index is 431. The van der Waals surface area contributed by atoms with Crippen molar-refractivity contribution in [3.05, 3.63) is 23.8 Å². The lowest BCUT2D eigenvalue weighted by atomic mass is 9.86. The topological polar surface area (TPSA) is 52.3 Å². The van der Waals surface area contributed by atoms with E-state index in [9.17, 15) is 4.79 Å². The molecule has 100 valence electrons. The first-order chi connectivity index (χ1) is 8.21. The minimum Gasteiger partial charge on any atom is -0.491 e. The highest BCUT2D eigenvalue weighted by Crippen LogP contribution is 2.27. The molecule has 0 fully saturated rings. The van der Waals surface area contributed by atoms with E-state index in [1.807, 2.05) is 20.8 Å². The number of ether oxygens (including phenoxy) is 1. The van der Waals surface area contributed by atoms with Gasteiger partial charge in [-0.3, -0.25) is 4.79 Å². The number of carbonyl (C=O) groups is 1. The summed E-state index contributed by atoms with van der Waals surface area (Å²) >= 11 is 0. The minimum absolute atomic E-state index is 0.0876. The van der Waals surface area contributed by atoms with Gasteiger partial charge in [-0.05, 0) is 24.1 Å². The summed E-state index contributed by atoms with van der Waals surface area (Å²) in [6.45, 7) is 10.5. The van der Waals surface area contributed by atoms with Crippen molar-refractivity contribution in [1.82, 2.24) is 0 Å². The maximum atomic E-state index is 12.1. The smallest absolute Gasteiger partial charge is 0.168 e. The van der Waals surface area contributed by atoms with Gasteiger partial charge in [-0.1, -0.05) is 34.6 Å². The summed E-state index contributed by atoms with van der Waals surface area (Å²) in [7, 11) is 0. The van der Waals surface area contributed by atoms with Crippen molar-refractivity contribution >= 4 is 11.5 Å². The lowest BCUT2D eigenvalue weighted by molar-refractivity contribution is 0.0858. The van der Waals surface area contributed by atoms with Crippen LogP contribution in [0, 0.1) is 11.3 Å². The van der Waals surface area contributed by atoms with Crippen molar-refractivity contribution in [2.75, 3.05) is 12.3 Å². The molecule has 0 aliphatic carbocycles. The number of carbonyl (C=O) groups excluding carboxylic acids is 1. The Kier molecular flexibility index (Phi) is 4.38. The molecule has 1 rings (SSSR count). The molecular weight excluding hydrogens is 226 g/mol. The highest BCUT2D eigenvalue weighted by molar-refractivity contribution is 6.00. The monoisotopic (exact) mass is 249 g/mol. The van der Waals surface area contributed by atoms with Gasteiger partial charge in [-0.25, -0.2) is 0 Å². The molecule has 3 nitrogen and oxygen atoms in total. The molecule has 1 aromatic rings. The number of anilines is 1. The maximum absolute atomic E-state index is 12.1. The second kappa shape index (κ2) is 5.42. The average molecular weight is 249 g/mol. The third-order valence-corrected chi connectivity index (χ3v) is 2.53. The van der Waals surface area contributed by atoms with E-state index in [4.69, 9.17) is 10.5 Å². The summed E-state index contributed by atoms with van der Waals surface area (Å²) in [5.41, 5.74) is 6.67. The van der Waals surface area contributed by atoms with Gasteiger partial charge in [0.05, 0.1) is 12.3 Å². The van der Waals surface area contributed by atoms with E-state index in [0.717, 1.165) is 0 Å². The summed E-state index contributed by atoms with van der Waals surface area (Å²) in [6, 6.07) is 5.25. The van der Waals surface area contributed by atoms with Crippen LogP contribution >= 0.6 is 0 Å². The van der Waals surface area contributed by atoms with Crippen LogP contribution in [-0.2, 0) is 0 Å². The number of hydrogen-bond acceptors (Lipinski definition) is 3. The van der Waals surface area contributed by atoms with E-state index in [0.29, 0.717) is 29.5 Å². The fourth-order valence-electron chi connectivity index (χ4n) is 1.51. The summed E-state index contributed by atoms with van der Waals surface area (Å²) in [4.78, 5) is 12.1. The molecule has 0 radical (unpaired) electrons. The van der Waals surface area contributed by atoms with Gasteiger partial charge < -0.3 is 10.5 Å². The first kappa shape index (κ1) is 14.6. The van der Waals surface area contributed by atoms with Gasteiger partial charge in [-0.2, -0.15) is 0 Å². The largest absolute Gasteiger partial charge is 0.491 e. The Balaban J connectivity index is 2.89. The summed E-state index contributed by atoms with van der Waals surface area (Å²) < 4.78 is 5.58. The molecule has 0 aliphatic rings. The van der Waals surface area contributed by atoms with Crippen LogP contribution in [0.3, 0.4) is 0 Å². The predicted molar refractivity (Wildman–Crippen MR) is 75.0 cm³/mol. The Morgan fingerprint density at radius 3 is 2.39 bits per heavy atom. The zero-order valence-electron chi connectivity index (χ0n) is 11.9. The van der Waals surface area contributed by atoms with Crippen LogP contribution < -0.4 is 10.5 Å². The molecule has 0 heterocycles. The maximum Gasteiger partial charge on any atom is 0.168 e. The van der Waals surface area contributed by atoms with Crippen LogP contribution in [0.2, 0.25) is 0 Å². The molecule has 0 saturated heterocycles. The number of rotatable bonds is 4. The number of benzene rings is 1. The first-order valence-electron chi connectivity index (χ1n) is 6.29. The molecule has 0 amide bonds. The fourth-order valence-corrected chi connectivity index (χ4v) is 1.51. The number of nitrogens with two attached hydrogens (primary N) is 1. The minimum atomic E-state index is -0.396. The number of ketones is 1. The normalized spacial score (nSPS) is 11.7. The van der Waals surface area contributed by atoms with Crippen LogP contribution in [0.15, 0.2) is 18.2 Å². The number of nitrogen functional groups attached to an aromatic ring is 1. The molecular formula is C15H23NO2. The quantitative estimate of drug-likeness (QED) is 0.656. The Morgan fingerprint density at radius 1 is 1.33 bits per heavy atom. The molecule has 0 unspecified atom stereocenters. The first-order valence-corrected chi connectivity index (χ1v) is 6.29. The Hall–Kier alpha value is -1.51. The van der Waals surface area contributed by atoms with Gasteiger partial charge in [0.1, 0.15) is 5.75 Å². The van der Waals surface area contributed by atoms with Crippen molar-refractivity contribution in [1.29, 1.82) is 0 Å². The zero-order chi connectivity index (χ0) is 13.9. The van der Waals surface area contributed by atoms with Crippen molar-refractivity contribution in [2.24, 2.45) is 11.3 Å². The van der Waals surface area contributed by atoms with E-state index >= 15 is 0 Å². The van der Waals surface area contributed by atoms with E-state index in [1.165, 1.54) is 0 Å². The predicted octanol–water partition coefficient (Wildman–Crippen LogP) is 3.53. The molecule has 0 saturated carbocycles. The molecule has 0 atom stereocenters. The average Bonchev–Trinajstić information content (AvgIpc) is 2.24. The highest BCUT2D eigenvalue weighted by atomic mass is 16.5. The van der Waals surface area contributed by atoms with Gasteiger partial charge in [0.15, 0.2) is 5.78 Å². The zero-order valence-corrected chi connectivity index (χ0v) is 11.9. The molecule has 0 aromatic heterocycles. The van der Waals surface area contributed by atoms with Crippen LogP contribution in [0.4, 0.5) is 5.69 Å². The van der Waals surface area contributed by atoms with Crippen molar-refractivity contribution in [3.63, 3.8) is 0 Å². The van der Waals surface area contributed by atoms with Crippen molar-refractivity contribution in [3.8, 4) is 5.75 Å². The number of Topliss-reactive ketones (excluding diaryl/α,β-unsaturated/α-hetero) is 1. The van der Waals surface area contributed by atoms with Gasteiger partial charge in [0.25, 0.3) is 0 Å². The molecule has 1 aromatic carbocycles. The lowest BCUT2D eigenvalue weighted by Crippen LogP contribution is -2.20. The van der Waals surface area contributed by atoms with E-state index < -0.39 is 5.41 Å². The van der Waals surface area contributed by atoms with Gasteiger partial charge >= 0.3 is 0 Å². The third-order valence-electron chi connectivity index (χ3n) is 2.53. The molecule has 0 spiro atoms. The van der Waals surface area contributed by atoms with Gasteiger partial charge in [-0.15, -0.1) is 0 Å². The van der Waals surface area contributed by atoms with Crippen molar-refractivity contribution in [2.45, 2.75) is 34.6 Å². The van der Waals surface area contributed by atoms with E-state index in [1.54, 1.807) is 18.2 Å². The van der Waals surface area contributed by atoms with Crippen LogP contribution in [0.5, 0.6) is 5.75 Å². The van der Waals surface area contributed by atoms with Crippen LogP contribution in [0.1, 0.15) is 45.0 Å². The summed E-state index contributed by atoms with van der Waals surface area (Å²) in [5.74, 6) is 1.18.